The molecule has 5 nitrogen and oxygen atoms in total. The van der Waals surface area contributed by atoms with Gasteiger partial charge in [0.2, 0.25) is 5.95 Å². The molecule has 0 saturated carbocycles. The minimum Gasteiger partial charge on any atom is -0.375 e. The largest absolute Gasteiger partial charge is 0.375 e. The van der Waals surface area contributed by atoms with Gasteiger partial charge in [-0.2, -0.15) is 11.8 Å². The Morgan fingerprint density at radius 2 is 2.21 bits per heavy atom. The number of ether oxygens (including phenoxy) is 1. The Morgan fingerprint density at radius 3 is 2.89 bits per heavy atom. The van der Waals surface area contributed by atoms with Crippen molar-refractivity contribution < 1.29 is 4.74 Å². The van der Waals surface area contributed by atoms with Crippen molar-refractivity contribution in [2.24, 2.45) is 7.05 Å². The van der Waals surface area contributed by atoms with Crippen molar-refractivity contribution in [2.75, 3.05) is 23.8 Å². The van der Waals surface area contributed by atoms with Crippen LogP contribution in [-0.4, -0.2) is 43.7 Å². The first kappa shape index (κ1) is 13.6. The Kier molecular flexibility index (Phi) is 3.96. The zero-order valence-corrected chi connectivity index (χ0v) is 12.8. The third-order valence-corrected chi connectivity index (χ3v) is 6.28. The van der Waals surface area contributed by atoms with Gasteiger partial charge < -0.3 is 10.5 Å². The lowest BCUT2D eigenvalue weighted by Crippen LogP contribution is -2.43. The number of anilines is 1. The molecule has 106 valence electrons. The molecule has 2 aliphatic rings. The van der Waals surface area contributed by atoms with Crippen molar-refractivity contribution in [3.05, 3.63) is 0 Å². The summed E-state index contributed by atoms with van der Waals surface area (Å²) in [4.78, 5) is 0. The second-order valence-corrected chi connectivity index (χ2v) is 7.77. The third kappa shape index (κ3) is 2.87. The topological polar surface area (TPSA) is 66.0 Å². The Hall–Kier alpha value is -0.400. The van der Waals surface area contributed by atoms with Crippen molar-refractivity contribution in [3.8, 4) is 0 Å². The summed E-state index contributed by atoms with van der Waals surface area (Å²) in [6, 6.07) is 0. The fraction of sp³-hybridized carbons (Fsp3) is 0.833. The first-order chi connectivity index (χ1) is 9.19. The Morgan fingerprint density at radius 1 is 1.42 bits per heavy atom. The predicted octanol–water partition coefficient (Wildman–Crippen LogP) is 1.93. The van der Waals surface area contributed by atoms with Crippen LogP contribution in [0.4, 0.5) is 5.95 Å². The number of aromatic nitrogens is 3. The molecule has 19 heavy (non-hydrogen) atoms. The average Bonchev–Trinajstić information content (AvgIpc) is 2.72. The monoisotopic (exact) mass is 300 g/mol. The second kappa shape index (κ2) is 5.54. The Bertz CT molecular complexity index is 439. The van der Waals surface area contributed by atoms with Gasteiger partial charge in [-0.1, -0.05) is 11.8 Å². The summed E-state index contributed by atoms with van der Waals surface area (Å²) in [5.74, 6) is 2.95. The van der Waals surface area contributed by atoms with Crippen molar-refractivity contribution in [2.45, 2.75) is 41.7 Å². The van der Waals surface area contributed by atoms with E-state index in [1.54, 1.807) is 11.8 Å². The van der Waals surface area contributed by atoms with Crippen LogP contribution in [0.3, 0.4) is 0 Å². The van der Waals surface area contributed by atoms with Crippen LogP contribution in [-0.2, 0) is 11.8 Å². The molecule has 1 spiro atoms. The summed E-state index contributed by atoms with van der Waals surface area (Å²) in [5.41, 5.74) is 5.86. The van der Waals surface area contributed by atoms with E-state index in [-0.39, 0.29) is 5.60 Å². The van der Waals surface area contributed by atoms with Crippen LogP contribution in [0, 0.1) is 0 Å². The molecule has 2 saturated heterocycles. The maximum atomic E-state index is 6.12. The van der Waals surface area contributed by atoms with Crippen LogP contribution >= 0.6 is 23.5 Å². The van der Waals surface area contributed by atoms with Crippen LogP contribution in [0.2, 0.25) is 0 Å². The predicted molar refractivity (Wildman–Crippen MR) is 79.5 cm³/mol. The third-order valence-electron chi connectivity index (χ3n) is 3.99. The highest BCUT2D eigenvalue weighted by molar-refractivity contribution is 7.99. The summed E-state index contributed by atoms with van der Waals surface area (Å²) in [5, 5.41) is 9.56. The van der Waals surface area contributed by atoms with E-state index in [1.807, 2.05) is 23.4 Å². The number of nitrogens with two attached hydrogens (primary N) is 1. The molecular weight excluding hydrogens is 280 g/mol. The minimum atomic E-state index is 0.130. The maximum absolute atomic E-state index is 6.12. The average molecular weight is 300 g/mol. The summed E-state index contributed by atoms with van der Waals surface area (Å²) in [6.07, 6.45) is 4.60. The fourth-order valence-electron chi connectivity index (χ4n) is 2.75. The lowest BCUT2D eigenvalue weighted by Gasteiger charge is -2.42. The normalized spacial score (nSPS) is 26.7. The SMILES string of the molecule is Cn1c(N)nnc1SC1CCOC2(CCSCC2)C1. The van der Waals surface area contributed by atoms with Crippen molar-refractivity contribution >= 4 is 29.5 Å². The molecule has 0 amide bonds. The lowest BCUT2D eigenvalue weighted by molar-refractivity contribution is -0.0805. The summed E-state index contributed by atoms with van der Waals surface area (Å²) < 4.78 is 7.98. The van der Waals surface area contributed by atoms with Gasteiger partial charge in [-0.05, 0) is 37.2 Å². The lowest BCUT2D eigenvalue weighted by atomic mass is 9.88. The Labute approximate surface area is 122 Å². The first-order valence-electron chi connectivity index (χ1n) is 6.72. The molecular formula is C12H20N4OS2. The molecule has 1 atom stereocenters. The standard InChI is InChI=1S/C12H20N4OS2/c1-16-10(13)14-15-11(16)19-9-2-5-17-12(8-9)3-6-18-7-4-12/h9H,2-8H2,1H3,(H2,13,14). The first-order valence-corrected chi connectivity index (χ1v) is 8.75. The summed E-state index contributed by atoms with van der Waals surface area (Å²) >= 11 is 3.85. The van der Waals surface area contributed by atoms with E-state index in [0.717, 1.165) is 24.6 Å². The quantitative estimate of drug-likeness (QED) is 0.900. The number of thioether (sulfide) groups is 2. The highest BCUT2D eigenvalue weighted by Gasteiger charge is 2.39. The van der Waals surface area contributed by atoms with Gasteiger partial charge >= 0.3 is 0 Å². The molecule has 2 N–H and O–H groups in total. The highest BCUT2D eigenvalue weighted by atomic mass is 32.2. The highest BCUT2D eigenvalue weighted by Crippen LogP contribution is 2.42. The van der Waals surface area contributed by atoms with Gasteiger partial charge in [-0.3, -0.25) is 4.57 Å². The van der Waals surface area contributed by atoms with Crippen molar-refractivity contribution in [1.29, 1.82) is 0 Å². The van der Waals surface area contributed by atoms with E-state index in [0.29, 0.717) is 11.2 Å². The molecule has 7 heteroatoms. The van der Waals surface area contributed by atoms with Crippen LogP contribution in [0.25, 0.3) is 0 Å². The van der Waals surface area contributed by atoms with Crippen LogP contribution in [0.5, 0.6) is 0 Å². The van der Waals surface area contributed by atoms with E-state index >= 15 is 0 Å². The molecule has 1 aromatic heterocycles. The van der Waals surface area contributed by atoms with E-state index in [4.69, 9.17) is 10.5 Å². The molecule has 3 heterocycles. The molecule has 3 rings (SSSR count). The minimum absolute atomic E-state index is 0.130. The molecule has 2 aliphatic heterocycles. The van der Waals surface area contributed by atoms with Crippen molar-refractivity contribution in [1.82, 2.24) is 14.8 Å². The van der Waals surface area contributed by atoms with Crippen molar-refractivity contribution in [3.63, 3.8) is 0 Å². The maximum Gasteiger partial charge on any atom is 0.222 e. The molecule has 0 radical (unpaired) electrons. The van der Waals surface area contributed by atoms with Gasteiger partial charge in [0.05, 0.1) is 5.60 Å². The smallest absolute Gasteiger partial charge is 0.222 e. The number of nitrogen functional groups attached to an aromatic ring is 1. The molecule has 1 aromatic rings. The Balaban J connectivity index is 1.66. The van der Waals surface area contributed by atoms with Gasteiger partial charge in [0.25, 0.3) is 0 Å². The zero-order valence-electron chi connectivity index (χ0n) is 11.2. The van der Waals surface area contributed by atoms with Gasteiger partial charge in [0, 0.05) is 18.9 Å². The zero-order chi connectivity index (χ0) is 13.3. The molecule has 0 bridgehead atoms. The van der Waals surface area contributed by atoms with Crippen LogP contribution in [0.1, 0.15) is 25.7 Å². The van der Waals surface area contributed by atoms with Gasteiger partial charge in [-0.15, -0.1) is 10.2 Å². The van der Waals surface area contributed by atoms with E-state index < -0.39 is 0 Å². The number of hydrogen-bond acceptors (Lipinski definition) is 6. The van der Waals surface area contributed by atoms with E-state index in [2.05, 4.69) is 10.2 Å². The fourth-order valence-corrected chi connectivity index (χ4v) is 5.23. The van der Waals surface area contributed by atoms with Gasteiger partial charge in [0.15, 0.2) is 5.16 Å². The molecule has 0 aromatic carbocycles. The van der Waals surface area contributed by atoms with E-state index in [1.165, 1.54) is 24.3 Å². The number of nitrogens with zero attached hydrogens (tertiary/aromatic N) is 3. The molecule has 2 fully saturated rings. The molecule has 1 unspecified atom stereocenters. The van der Waals surface area contributed by atoms with Gasteiger partial charge in [-0.25, -0.2) is 0 Å². The molecule has 0 aliphatic carbocycles. The van der Waals surface area contributed by atoms with Crippen LogP contribution < -0.4 is 5.73 Å². The summed E-state index contributed by atoms with van der Waals surface area (Å²) in [7, 11) is 1.92. The summed E-state index contributed by atoms with van der Waals surface area (Å²) in [6.45, 7) is 0.871. The number of rotatable bonds is 2. The van der Waals surface area contributed by atoms with E-state index in [9.17, 15) is 0 Å². The van der Waals surface area contributed by atoms with Crippen LogP contribution in [0.15, 0.2) is 5.16 Å². The second-order valence-electron chi connectivity index (χ2n) is 5.28. The number of hydrogen-bond donors (Lipinski definition) is 1. The van der Waals surface area contributed by atoms with Gasteiger partial charge in [0.1, 0.15) is 0 Å².